The highest BCUT2D eigenvalue weighted by Crippen LogP contribution is 2.32. The lowest BCUT2D eigenvalue weighted by Crippen LogP contribution is -2.31. The number of nitrogens with zero attached hydrogens (tertiary/aromatic N) is 2. The third-order valence-corrected chi connectivity index (χ3v) is 3.10. The molecule has 1 aliphatic rings. The first-order valence-corrected chi connectivity index (χ1v) is 5.58. The van der Waals surface area contributed by atoms with E-state index in [0.717, 1.165) is 5.69 Å². The Hall–Kier alpha value is -0.870. The number of rotatable bonds is 5. The van der Waals surface area contributed by atoms with E-state index in [1.807, 2.05) is 17.8 Å². The summed E-state index contributed by atoms with van der Waals surface area (Å²) in [7, 11) is 1.94. The number of aliphatic hydroxyl groups is 1. The summed E-state index contributed by atoms with van der Waals surface area (Å²) in [6.07, 6.45) is 3.98. The first-order valence-electron chi connectivity index (χ1n) is 5.58. The molecule has 15 heavy (non-hydrogen) atoms. The summed E-state index contributed by atoms with van der Waals surface area (Å²) in [6.45, 7) is 2.77. The molecular weight excluding hydrogens is 190 g/mol. The normalized spacial score (nSPS) is 20.2. The zero-order chi connectivity index (χ0) is 10.8. The highest BCUT2D eigenvalue weighted by Gasteiger charge is 2.29. The van der Waals surface area contributed by atoms with Gasteiger partial charge in [0.15, 0.2) is 0 Å². The SMILES string of the molecule is CC(NCC(O)C1CC1)c1ccnn1C. The van der Waals surface area contributed by atoms with Crippen molar-refractivity contribution in [3.05, 3.63) is 18.0 Å². The Labute approximate surface area is 90.3 Å². The van der Waals surface area contributed by atoms with Gasteiger partial charge in [-0.05, 0) is 31.7 Å². The van der Waals surface area contributed by atoms with Crippen LogP contribution >= 0.6 is 0 Å². The van der Waals surface area contributed by atoms with E-state index in [0.29, 0.717) is 12.5 Å². The lowest BCUT2D eigenvalue weighted by molar-refractivity contribution is 0.145. The van der Waals surface area contributed by atoms with E-state index < -0.39 is 0 Å². The van der Waals surface area contributed by atoms with Crippen molar-refractivity contribution in [3.63, 3.8) is 0 Å². The van der Waals surface area contributed by atoms with Crippen LogP contribution < -0.4 is 5.32 Å². The zero-order valence-corrected chi connectivity index (χ0v) is 9.35. The molecule has 1 saturated carbocycles. The van der Waals surface area contributed by atoms with Crippen LogP contribution in [0.25, 0.3) is 0 Å². The zero-order valence-electron chi connectivity index (χ0n) is 9.35. The number of nitrogens with one attached hydrogen (secondary N) is 1. The van der Waals surface area contributed by atoms with Gasteiger partial charge in [-0.15, -0.1) is 0 Å². The minimum Gasteiger partial charge on any atom is -0.392 e. The third-order valence-electron chi connectivity index (χ3n) is 3.10. The molecule has 2 atom stereocenters. The molecule has 1 aliphatic carbocycles. The first kappa shape index (κ1) is 10.6. The summed E-state index contributed by atoms with van der Waals surface area (Å²) in [4.78, 5) is 0. The second-order valence-electron chi connectivity index (χ2n) is 4.41. The Balaban J connectivity index is 1.81. The third kappa shape index (κ3) is 2.58. The minimum atomic E-state index is -0.180. The van der Waals surface area contributed by atoms with Crippen molar-refractivity contribution in [2.75, 3.05) is 6.54 Å². The molecule has 0 amide bonds. The number of aryl methyl sites for hydroxylation is 1. The molecule has 2 unspecified atom stereocenters. The first-order chi connectivity index (χ1) is 7.18. The molecule has 2 N–H and O–H groups in total. The fourth-order valence-corrected chi connectivity index (χ4v) is 1.86. The van der Waals surface area contributed by atoms with E-state index in [2.05, 4.69) is 17.3 Å². The van der Waals surface area contributed by atoms with E-state index in [4.69, 9.17) is 0 Å². The lowest BCUT2D eigenvalue weighted by Gasteiger charge is -2.17. The number of hydrogen-bond donors (Lipinski definition) is 2. The number of hydrogen-bond acceptors (Lipinski definition) is 3. The van der Waals surface area contributed by atoms with Crippen molar-refractivity contribution in [2.24, 2.45) is 13.0 Å². The monoisotopic (exact) mass is 209 g/mol. The molecule has 0 spiro atoms. The molecule has 2 rings (SSSR count). The topological polar surface area (TPSA) is 50.1 Å². The Morgan fingerprint density at radius 2 is 2.40 bits per heavy atom. The predicted molar refractivity (Wildman–Crippen MR) is 58.4 cm³/mol. The van der Waals surface area contributed by atoms with E-state index >= 15 is 0 Å². The summed E-state index contributed by atoms with van der Waals surface area (Å²) >= 11 is 0. The highest BCUT2D eigenvalue weighted by atomic mass is 16.3. The van der Waals surface area contributed by atoms with Crippen LogP contribution in [0.2, 0.25) is 0 Å². The largest absolute Gasteiger partial charge is 0.392 e. The van der Waals surface area contributed by atoms with Crippen LogP contribution in [0.5, 0.6) is 0 Å². The van der Waals surface area contributed by atoms with Gasteiger partial charge in [0.2, 0.25) is 0 Å². The van der Waals surface area contributed by atoms with Crippen molar-refractivity contribution in [1.82, 2.24) is 15.1 Å². The van der Waals surface area contributed by atoms with Crippen molar-refractivity contribution in [1.29, 1.82) is 0 Å². The minimum absolute atomic E-state index is 0.180. The van der Waals surface area contributed by atoms with Gasteiger partial charge in [-0.3, -0.25) is 4.68 Å². The molecule has 84 valence electrons. The second-order valence-corrected chi connectivity index (χ2v) is 4.41. The molecule has 0 radical (unpaired) electrons. The van der Waals surface area contributed by atoms with Gasteiger partial charge >= 0.3 is 0 Å². The number of aromatic nitrogens is 2. The van der Waals surface area contributed by atoms with Crippen LogP contribution in [0.15, 0.2) is 12.3 Å². The van der Waals surface area contributed by atoms with Crippen molar-refractivity contribution in [3.8, 4) is 0 Å². The van der Waals surface area contributed by atoms with Crippen LogP contribution in [0.3, 0.4) is 0 Å². The molecule has 0 aromatic carbocycles. The van der Waals surface area contributed by atoms with Gasteiger partial charge < -0.3 is 10.4 Å². The standard InChI is InChI=1S/C11H19N3O/c1-8(10-5-6-13-14(10)2)12-7-11(15)9-3-4-9/h5-6,8-9,11-12,15H,3-4,7H2,1-2H3. The summed E-state index contributed by atoms with van der Waals surface area (Å²) in [5.41, 5.74) is 1.15. The van der Waals surface area contributed by atoms with Gasteiger partial charge in [-0.1, -0.05) is 0 Å². The van der Waals surface area contributed by atoms with E-state index in [1.54, 1.807) is 6.20 Å². The molecule has 1 fully saturated rings. The van der Waals surface area contributed by atoms with Crippen molar-refractivity contribution >= 4 is 0 Å². The molecule has 0 saturated heterocycles. The molecule has 1 aromatic heterocycles. The molecule has 1 aromatic rings. The van der Waals surface area contributed by atoms with Crippen LogP contribution in [0.4, 0.5) is 0 Å². The second kappa shape index (κ2) is 4.33. The summed E-state index contributed by atoms with van der Waals surface area (Å²) in [5, 5.41) is 17.2. The van der Waals surface area contributed by atoms with Gasteiger partial charge in [0.05, 0.1) is 11.8 Å². The average molecular weight is 209 g/mol. The fourth-order valence-electron chi connectivity index (χ4n) is 1.86. The lowest BCUT2D eigenvalue weighted by atomic mass is 10.2. The predicted octanol–water partition coefficient (Wildman–Crippen LogP) is 0.842. The molecule has 4 nitrogen and oxygen atoms in total. The fraction of sp³-hybridized carbons (Fsp3) is 0.727. The van der Waals surface area contributed by atoms with E-state index in [-0.39, 0.29) is 12.1 Å². The van der Waals surface area contributed by atoms with Crippen LogP contribution in [0, 0.1) is 5.92 Å². The van der Waals surface area contributed by atoms with Crippen LogP contribution in [-0.2, 0) is 7.05 Å². The van der Waals surface area contributed by atoms with Gasteiger partial charge in [0, 0.05) is 25.8 Å². The Morgan fingerprint density at radius 1 is 1.67 bits per heavy atom. The summed E-state index contributed by atoms with van der Waals surface area (Å²) < 4.78 is 1.86. The molecular formula is C11H19N3O. The Bertz CT molecular complexity index is 319. The quantitative estimate of drug-likeness (QED) is 0.755. The average Bonchev–Trinajstić information content (AvgIpc) is 2.98. The molecule has 0 aliphatic heterocycles. The Morgan fingerprint density at radius 3 is 2.93 bits per heavy atom. The maximum absolute atomic E-state index is 9.72. The van der Waals surface area contributed by atoms with Crippen LogP contribution in [-0.4, -0.2) is 27.5 Å². The maximum Gasteiger partial charge on any atom is 0.0692 e. The van der Waals surface area contributed by atoms with Gasteiger partial charge in [0.25, 0.3) is 0 Å². The number of aliphatic hydroxyl groups excluding tert-OH is 1. The van der Waals surface area contributed by atoms with Gasteiger partial charge in [-0.25, -0.2) is 0 Å². The van der Waals surface area contributed by atoms with E-state index in [1.165, 1.54) is 12.8 Å². The molecule has 0 bridgehead atoms. The highest BCUT2D eigenvalue weighted by molar-refractivity contribution is 5.05. The van der Waals surface area contributed by atoms with Gasteiger partial charge in [-0.2, -0.15) is 5.10 Å². The smallest absolute Gasteiger partial charge is 0.0692 e. The van der Waals surface area contributed by atoms with E-state index in [9.17, 15) is 5.11 Å². The van der Waals surface area contributed by atoms with Crippen molar-refractivity contribution < 1.29 is 5.11 Å². The summed E-state index contributed by atoms with van der Waals surface area (Å²) in [6, 6.07) is 2.24. The molecule has 4 heteroatoms. The Kier molecular flexibility index (Phi) is 3.07. The maximum atomic E-state index is 9.72. The molecule has 1 heterocycles. The van der Waals surface area contributed by atoms with Crippen LogP contribution in [0.1, 0.15) is 31.5 Å². The summed E-state index contributed by atoms with van der Waals surface area (Å²) in [5.74, 6) is 0.538. The van der Waals surface area contributed by atoms with Gasteiger partial charge in [0.1, 0.15) is 0 Å². The van der Waals surface area contributed by atoms with Crippen molar-refractivity contribution in [2.45, 2.75) is 31.9 Å².